The van der Waals surface area contributed by atoms with E-state index < -0.39 is 6.10 Å². The number of nitrogens with zero attached hydrogens (tertiary/aromatic N) is 2. The Morgan fingerprint density at radius 1 is 1.30 bits per heavy atom. The van der Waals surface area contributed by atoms with E-state index in [0.717, 1.165) is 29.4 Å². The number of likely N-dealkylation sites (tertiary alicyclic amines) is 1. The van der Waals surface area contributed by atoms with Crippen LogP contribution in [-0.4, -0.2) is 51.3 Å². The molecule has 2 atom stereocenters. The fraction of sp³-hybridized carbons (Fsp3) is 0.444. The van der Waals surface area contributed by atoms with Gasteiger partial charge in [0.15, 0.2) is 0 Å². The van der Waals surface area contributed by atoms with E-state index in [1.165, 1.54) is 0 Å². The van der Waals surface area contributed by atoms with Crippen LogP contribution in [0.2, 0.25) is 0 Å². The molecule has 1 saturated heterocycles. The topological polar surface area (TPSA) is 73.7 Å². The zero-order valence-electron chi connectivity index (χ0n) is 12.9. The van der Waals surface area contributed by atoms with E-state index in [9.17, 15) is 15.0 Å². The van der Waals surface area contributed by atoms with E-state index in [2.05, 4.69) is 0 Å². The van der Waals surface area contributed by atoms with Crippen LogP contribution in [0.4, 0.5) is 0 Å². The highest BCUT2D eigenvalue weighted by molar-refractivity contribution is 6.06. The van der Waals surface area contributed by atoms with Crippen molar-refractivity contribution in [1.82, 2.24) is 9.88 Å². The number of aliphatic hydroxyl groups excluding tert-OH is 2. The number of pyridine rings is 1. The number of carbonyl (C=O) groups is 1. The molecule has 1 aliphatic carbocycles. The Balaban J connectivity index is 1.79. The molecule has 2 aromatic rings. The molecule has 2 fully saturated rings. The molecule has 0 bridgehead atoms. The third-order valence-electron chi connectivity index (χ3n) is 4.83. The van der Waals surface area contributed by atoms with Crippen LogP contribution in [0.3, 0.4) is 0 Å². The highest BCUT2D eigenvalue weighted by Gasteiger charge is 2.35. The number of hydrogen-bond donors (Lipinski definition) is 2. The van der Waals surface area contributed by atoms with Crippen LogP contribution in [0.5, 0.6) is 0 Å². The summed E-state index contributed by atoms with van der Waals surface area (Å²) >= 11 is 0. The number of fused-ring (bicyclic) bond motifs is 1. The number of β-amino-alcohol motifs (C(OH)–C–C–N with tert-alkyl or cyclic N) is 1. The summed E-state index contributed by atoms with van der Waals surface area (Å²) in [6, 6.07) is 9.26. The number of amides is 1. The molecule has 1 aliphatic heterocycles. The molecule has 1 saturated carbocycles. The Bertz CT molecular complexity index is 757. The maximum Gasteiger partial charge on any atom is 0.255 e. The van der Waals surface area contributed by atoms with Crippen LogP contribution in [0.25, 0.3) is 10.9 Å². The summed E-state index contributed by atoms with van der Waals surface area (Å²) in [6.07, 6.45) is 2.12. The smallest absolute Gasteiger partial charge is 0.255 e. The highest BCUT2D eigenvalue weighted by Crippen LogP contribution is 2.40. The molecule has 1 aromatic carbocycles. The summed E-state index contributed by atoms with van der Waals surface area (Å²) in [4.78, 5) is 19.3. The largest absolute Gasteiger partial charge is 0.394 e. The highest BCUT2D eigenvalue weighted by atomic mass is 16.3. The molecular formula is C18H20N2O3. The molecule has 5 nitrogen and oxygen atoms in total. The van der Waals surface area contributed by atoms with Gasteiger partial charge in [-0.15, -0.1) is 0 Å². The molecule has 0 radical (unpaired) electrons. The monoisotopic (exact) mass is 312 g/mol. The Labute approximate surface area is 134 Å². The first-order chi connectivity index (χ1) is 11.2. The fourth-order valence-electron chi connectivity index (χ4n) is 3.43. The quantitative estimate of drug-likeness (QED) is 0.904. The molecule has 2 aliphatic rings. The van der Waals surface area contributed by atoms with Crippen molar-refractivity contribution in [2.45, 2.75) is 37.3 Å². The average Bonchev–Trinajstić information content (AvgIpc) is 3.35. The van der Waals surface area contributed by atoms with Crippen LogP contribution in [0.15, 0.2) is 30.3 Å². The maximum absolute atomic E-state index is 13.0. The van der Waals surface area contributed by atoms with Gasteiger partial charge in [-0.1, -0.05) is 18.2 Å². The molecule has 0 unspecified atom stereocenters. The summed E-state index contributed by atoms with van der Waals surface area (Å²) in [7, 11) is 0. The molecule has 4 rings (SSSR count). The van der Waals surface area contributed by atoms with Crippen LogP contribution in [0, 0.1) is 0 Å². The minimum atomic E-state index is -0.563. The van der Waals surface area contributed by atoms with Gasteiger partial charge in [-0.05, 0) is 31.4 Å². The molecule has 2 N–H and O–H groups in total. The normalized spacial score (nSPS) is 24.3. The third-order valence-corrected chi connectivity index (χ3v) is 4.83. The Kier molecular flexibility index (Phi) is 3.54. The lowest BCUT2D eigenvalue weighted by molar-refractivity contribution is 0.0666. The zero-order chi connectivity index (χ0) is 16.0. The Morgan fingerprint density at radius 3 is 2.83 bits per heavy atom. The summed E-state index contributed by atoms with van der Waals surface area (Å²) in [6.45, 7) is 0.154. The first-order valence-corrected chi connectivity index (χ1v) is 8.17. The number of benzene rings is 1. The lowest BCUT2D eigenvalue weighted by Gasteiger charge is -2.23. The van der Waals surface area contributed by atoms with E-state index in [1.54, 1.807) is 4.90 Å². The van der Waals surface area contributed by atoms with Crippen LogP contribution >= 0.6 is 0 Å². The van der Waals surface area contributed by atoms with Crippen LogP contribution in [0.1, 0.15) is 41.2 Å². The van der Waals surface area contributed by atoms with Gasteiger partial charge in [0.2, 0.25) is 0 Å². The van der Waals surface area contributed by atoms with Crippen LogP contribution < -0.4 is 0 Å². The van der Waals surface area contributed by atoms with Crippen molar-refractivity contribution in [2.24, 2.45) is 0 Å². The number of rotatable bonds is 3. The molecule has 2 heterocycles. The lowest BCUT2D eigenvalue weighted by atomic mass is 10.0. The number of hydrogen-bond acceptors (Lipinski definition) is 4. The van der Waals surface area contributed by atoms with Gasteiger partial charge >= 0.3 is 0 Å². The predicted molar refractivity (Wildman–Crippen MR) is 86.3 cm³/mol. The predicted octanol–water partition coefficient (Wildman–Crippen LogP) is 1.68. The van der Waals surface area contributed by atoms with Crippen molar-refractivity contribution in [1.29, 1.82) is 0 Å². The third kappa shape index (κ3) is 2.60. The van der Waals surface area contributed by atoms with Crippen molar-refractivity contribution >= 4 is 16.8 Å². The molecule has 23 heavy (non-hydrogen) atoms. The average molecular weight is 312 g/mol. The molecule has 1 aromatic heterocycles. The van der Waals surface area contributed by atoms with Crippen molar-refractivity contribution in [3.05, 3.63) is 41.6 Å². The first-order valence-electron chi connectivity index (χ1n) is 8.17. The van der Waals surface area contributed by atoms with E-state index in [1.807, 2.05) is 30.3 Å². The van der Waals surface area contributed by atoms with Crippen molar-refractivity contribution in [3.8, 4) is 0 Å². The number of para-hydroxylation sites is 1. The summed E-state index contributed by atoms with van der Waals surface area (Å²) in [5.41, 5.74) is 2.44. The first kappa shape index (κ1) is 14.6. The van der Waals surface area contributed by atoms with Gasteiger partial charge in [0.05, 0.1) is 29.8 Å². The fourth-order valence-corrected chi connectivity index (χ4v) is 3.43. The van der Waals surface area contributed by atoms with Gasteiger partial charge in [0, 0.05) is 23.5 Å². The van der Waals surface area contributed by atoms with E-state index in [4.69, 9.17) is 4.98 Å². The van der Waals surface area contributed by atoms with E-state index in [0.29, 0.717) is 17.9 Å². The van der Waals surface area contributed by atoms with Crippen molar-refractivity contribution in [3.63, 3.8) is 0 Å². The second kappa shape index (κ2) is 5.58. The molecule has 120 valence electrons. The summed E-state index contributed by atoms with van der Waals surface area (Å²) in [5, 5.41) is 20.2. The molecular weight excluding hydrogens is 292 g/mol. The van der Waals surface area contributed by atoms with Crippen molar-refractivity contribution in [2.75, 3.05) is 13.2 Å². The maximum atomic E-state index is 13.0. The number of carbonyl (C=O) groups excluding carboxylic acids is 1. The van der Waals surface area contributed by atoms with Crippen molar-refractivity contribution < 1.29 is 15.0 Å². The Morgan fingerprint density at radius 2 is 2.09 bits per heavy atom. The second-order valence-electron chi connectivity index (χ2n) is 6.57. The molecule has 5 heteroatoms. The molecule has 1 amide bonds. The lowest BCUT2D eigenvalue weighted by Crippen LogP contribution is -2.38. The minimum Gasteiger partial charge on any atom is -0.394 e. The summed E-state index contributed by atoms with van der Waals surface area (Å²) in [5.74, 6) is 0.338. The van der Waals surface area contributed by atoms with E-state index in [-0.39, 0.29) is 25.1 Å². The van der Waals surface area contributed by atoms with Gasteiger partial charge in [0.25, 0.3) is 5.91 Å². The van der Waals surface area contributed by atoms with Gasteiger partial charge < -0.3 is 15.1 Å². The number of aliphatic hydroxyl groups is 2. The second-order valence-corrected chi connectivity index (χ2v) is 6.57. The number of aromatic nitrogens is 1. The zero-order valence-corrected chi connectivity index (χ0v) is 12.9. The summed E-state index contributed by atoms with van der Waals surface area (Å²) < 4.78 is 0. The minimum absolute atomic E-state index is 0.124. The van der Waals surface area contributed by atoms with Gasteiger partial charge in [0.1, 0.15) is 0 Å². The SMILES string of the molecule is O=C(c1cc(C2CC2)nc2ccccc12)N1C[C@@H](O)C[C@H]1CO. The van der Waals surface area contributed by atoms with Crippen LogP contribution in [-0.2, 0) is 0 Å². The van der Waals surface area contributed by atoms with Gasteiger partial charge in [-0.3, -0.25) is 9.78 Å². The molecule has 0 spiro atoms. The van der Waals surface area contributed by atoms with Gasteiger partial charge in [-0.25, -0.2) is 0 Å². The van der Waals surface area contributed by atoms with E-state index >= 15 is 0 Å². The standard InChI is InChI=1S/C18H20N2O3/c21-10-12-7-13(22)9-20(12)18(23)15-8-17(11-5-6-11)19-16-4-2-1-3-14(15)16/h1-4,8,11-13,21-22H,5-7,9-10H2/t12-,13-/m0/s1. The van der Waals surface area contributed by atoms with Gasteiger partial charge in [-0.2, -0.15) is 0 Å². The Hall–Kier alpha value is -1.98.